The van der Waals surface area contributed by atoms with Crippen molar-refractivity contribution in [3.05, 3.63) is 35.9 Å². The van der Waals surface area contributed by atoms with Gasteiger partial charge < -0.3 is 9.64 Å². The molecule has 100 valence electrons. The van der Waals surface area contributed by atoms with Crippen LogP contribution in [0.1, 0.15) is 18.9 Å². The number of likely N-dealkylation sites (tertiary alicyclic amines) is 1. The quantitative estimate of drug-likeness (QED) is 0.816. The summed E-state index contributed by atoms with van der Waals surface area (Å²) in [4.78, 5) is 2.17. The second-order valence-electron chi connectivity index (χ2n) is 5.31. The van der Waals surface area contributed by atoms with Crippen LogP contribution in [0.4, 0.5) is 4.39 Å². The molecule has 18 heavy (non-hydrogen) atoms. The van der Waals surface area contributed by atoms with Crippen molar-refractivity contribution in [2.24, 2.45) is 5.92 Å². The minimum absolute atomic E-state index is 0.101. The standard InChI is InChI=1S/C15H22FNO/c1-12(16)14-8-15(10-17(2)9-14)18-11-13-6-4-3-5-7-13/h3-7,12,14-15H,8-11H2,1-2H3. The van der Waals surface area contributed by atoms with Crippen molar-refractivity contribution in [1.82, 2.24) is 4.90 Å². The van der Waals surface area contributed by atoms with Crippen LogP contribution in [0.5, 0.6) is 0 Å². The molecule has 0 aromatic heterocycles. The third-order valence-corrected chi connectivity index (χ3v) is 3.61. The summed E-state index contributed by atoms with van der Waals surface area (Å²) in [5.74, 6) is 0.101. The van der Waals surface area contributed by atoms with E-state index in [4.69, 9.17) is 4.74 Å². The van der Waals surface area contributed by atoms with E-state index < -0.39 is 6.17 Å². The summed E-state index contributed by atoms with van der Waals surface area (Å²) < 4.78 is 19.3. The van der Waals surface area contributed by atoms with Crippen LogP contribution < -0.4 is 0 Å². The molecule has 1 aliphatic rings. The van der Waals surface area contributed by atoms with Crippen LogP contribution in [-0.4, -0.2) is 37.3 Å². The summed E-state index contributed by atoms with van der Waals surface area (Å²) in [6.45, 7) is 4.00. The average Bonchev–Trinajstić information content (AvgIpc) is 2.37. The number of hydrogen-bond acceptors (Lipinski definition) is 2. The lowest BCUT2D eigenvalue weighted by Crippen LogP contribution is -2.44. The third kappa shape index (κ3) is 3.79. The Morgan fingerprint density at radius 2 is 2.06 bits per heavy atom. The number of benzene rings is 1. The molecule has 0 aliphatic carbocycles. The molecule has 3 atom stereocenters. The first-order valence-corrected chi connectivity index (χ1v) is 6.63. The minimum atomic E-state index is -0.754. The van der Waals surface area contributed by atoms with Crippen LogP contribution in [0.15, 0.2) is 30.3 Å². The molecule has 3 heteroatoms. The van der Waals surface area contributed by atoms with Gasteiger partial charge in [-0.2, -0.15) is 0 Å². The molecule has 0 radical (unpaired) electrons. The highest BCUT2D eigenvalue weighted by atomic mass is 19.1. The van der Waals surface area contributed by atoms with Gasteiger partial charge in [-0.05, 0) is 26.0 Å². The van der Waals surface area contributed by atoms with E-state index in [2.05, 4.69) is 17.0 Å². The summed E-state index contributed by atoms with van der Waals surface area (Å²) in [5, 5.41) is 0. The maximum Gasteiger partial charge on any atom is 0.101 e. The van der Waals surface area contributed by atoms with Crippen molar-refractivity contribution >= 4 is 0 Å². The third-order valence-electron chi connectivity index (χ3n) is 3.61. The van der Waals surface area contributed by atoms with E-state index in [1.165, 1.54) is 5.56 Å². The Balaban J connectivity index is 1.85. The van der Waals surface area contributed by atoms with Crippen molar-refractivity contribution < 1.29 is 9.13 Å². The Morgan fingerprint density at radius 3 is 2.72 bits per heavy atom. The highest BCUT2D eigenvalue weighted by Crippen LogP contribution is 2.23. The summed E-state index contributed by atoms with van der Waals surface area (Å²) >= 11 is 0. The zero-order valence-electron chi connectivity index (χ0n) is 11.2. The molecule has 1 saturated heterocycles. The van der Waals surface area contributed by atoms with E-state index in [-0.39, 0.29) is 12.0 Å². The van der Waals surface area contributed by atoms with E-state index in [0.717, 1.165) is 19.5 Å². The lowest BCUT2D eigenvalue weighted by Gasteiger charge is -2.36. The van der Waals surface area contributed by atoms with Crippen LogP contribution in [0, 0.1) is 5.92 Å². The lowest BCUT2D eigenvalue weighted by molar-refractivity contribution is -0.0335. The molecule has 1 heterocycles. The van der Waals surface area contributed by atoms with Gasteiger partial charge in [-0.15, -0.1) is 0 Å². The normalized spacial score (nSPS) is 27.1. The smallest absolute Gasteiger partial charge is 0.101 e. The second-order valence-corrected chi connectivity index (χ2v) is 5.31. The number of ether oxygens (including phenoxy) is 1. The number of rotatable bonds is 4. The minimum Gasteiger partial charge on any atom is -0.372 e. The largest absolute Gasteiger partial charge is 0.372 e. The Bertz CT molecular complexity index is 355. The molecular formula is C15H22FNO. The average molecular weight is 251 g/mol. The van der Waals surface area contributed by atoms with Crippen LogP contribution in [0.2, 0.25) is 0 Å². The van der Waals surface area contributed by atoms with Gasteiger partial charge >= 0.3 is 0 Å². The lowest BCUT2D eigenvalue weighted by atomic mass is 9.92. The first-order valence-electron chi connectivity index (χ1n) is 6.63. The van der Waals surface area contributed by atoms with Crippen molar-refractivity contribution in [3.63, 3.8) is 0 Å². The maximum atomic E-state index is 13.4. The number of hydrogen-bond donors (Lipinski definition) is 0. The fourth-order valence-corrected chi connectivity index (χ4v) is 2.55. The molecule has 0 spiro atoms. The molecular weight excluding hydrogens is 229 g/mol. The van der Waals surface area contributed by atoms with Crippen molar-refractivity contribution in [2.75, 3.05) is 20.1 Å². The summed E-state index contributed by atoms with van der Waals surface area (Å²) in [5.41, 5.74) is 1.18. The van der Waals surface area contributed by atoms with Crippen LogP contribution >= 0.6 is 0 Å². The van der Waals surface area contributed by atoms with E-state index in [1.54, 1.807) is 6.92 Å². The molecule has 1 aliphatic heterocycles. The number of likely N-dealkylation sites (N-methyl/N-ethyl adjacent to an activating group) is 1. The SMILES string of the molecule is CC(F)C1CC(OCc2ccccc2)CN(C)C1. The molecule has 1 aromatic rings. The Morgan fingerprint density at radius 1 is 1.33 bits per heavy atom. The van der Waals surface area contributed by atoms with Gasteiger partial charge in [0.25, 0.3) is 0 Å². The van der Waals surface area contributed by atoms with Gasteiger partial charge in [0.15, 0.2) is 0 Å². The Labute approximate surface area is 109 Å². The van der Waals surface area contributed by atoms with Crippen LogP contribution in [-0.2, 0) is 11.3 Å². The molecule has 1 aromatic carbocycles. The van der Waals surface area contributed by atoms with Crippen LogP contribution in [0.3, 0.4) is 0 Å². The van der Waals surface area contributed by atoms with E-state index in [9.17, 15) is 4.39 Å². The predicted molar refractivity (Wildman–Crippen MR) is 71.2 cm³/mol. The Kier molecular flexibility index (Phi) is 4.72. The molecule has 0 saturated carbocycles. The van der Waals surface area contributed by atoms with Crippen molar-refractivity contribution in [1.29, 1.82) is 0 Å². The van der Waals surface area contributed by atoms with Gasteiger partial charge in [0.2, 0.25) is 0 Å². The Hall–Kier alpha value is -0.930. The van der Waals surface area contributed by atoms with Gasteiger partial charge in [0.1, 0.15) is 6.17 Å². The van der Waals surface area contributed by atoms with Crippen molar-refractivity contribution in [2.45, 2.75) is 32.2 Å². The maximum absolute atomic E-state index is 13.4. The molecule has 1 fully saturated rings. The van der Waals surface area contributed by atoms with Gasteiger partial charge in [-0.25, -0.2) is 4.39 Å². The summed E-state index contributed by atoms with van der Waals surface area (Å²) in [6.07, 6.45) is 0.220. The zero-order chi connectivity index (χ0) is 13.0. The second kappa shape index (κ2) is 6.30. The number of alkyl halides is 1. The van der Waals surface area contributed by atoms with E-state index in [0.29, 0.717) is 6.61 Å². The highest BCUT2D eigenvalue weighted by Gasteiger charge is 2.29. The fourth-order valence-electron chi connectivity index (χ4n) is 2.55. The molecule has 2 rings (SSSR count). The monoisotopic (exact) mass is 251 g/mol. The first-order chi connectivity index (χ1) is 8.65. The van der Waals surface area contributed by atoms with Gasteiger partial charge in [-0.1, -0.05) is 30.3 Å². The molecule has 3 unspecified atom stereocenters. The van der Waals surface area contributed by atoms with Gasteiger partial charge in [0.05, 0.1) is 12.7 Å². The number of halogens is 1. The zero-order valence-corrected chi connectivity index (χ0v) is 11.2. The number of nitrogens with zero attached hydrogens (tertiary/aromatic N) is 1. The molecule has 2 nitrogen and oxygen atoms in total. The summed E-state index contributed by atoms with van der Waals surface area (Å²) in [7, 11) is 2.04. The van der Waals surface area contributed by atoms with E-state index in [1.807, 2.05) is 25.2 Å². The molecule has 0 bridgehead atoms. The van der Waals surface area contributed by atoms with Crippen LogP contribution in [0.25, 0.3) is 0 Å². The van der Waals surface area contributed by atoms with Gasteiger partial charge in [0, 0.05) is 19.0 Å². The fraction of sp³-hybridized carbons (Fsp3) is 0.600. The molecule has 0 amide bonds. The molecule has 0 N–H and O–H groups in total. The predicted octanol–water partition coefficient (Wildman–Crippen LogP) is 2.88. The van der Waals surface area contributed by atoms with Gasteiger partial charge in [-0.3, -0.25) is 0 Å². The topological polar surface area (TPSA) is 12.5 Å². The number of piperidine rings is 1. The highest BCUT2D eigenvalue weighted by molar-refractivity contribution is 5.13. The summed E-state index contributed by atoms with van der Waals surface area (Å²) in [6, 6.07) is 10.1. The van der Waals surface area contributed by atoms with E-state index >= 15 is 0 Å². The van der Waals surface area contributed by atoms with Crippen molar-refractivity contribution in [3.8, 4) is 0 Å². The first kappa shape index (κ1) is 13.5.